The van der Waals surface area contributed by atoms with Crippen molar-refractivity contribution in [1.29, 1.82) is 0 Å². The molecule has 0 aliphatic rings. The van der Waals surface area contributed by atoms with Gasteiger partial charge in [0.2, 0.25) is 0 Å². The lowest BCUT2D eigenvalue weighted by Gasteiger charge is -2.19. The molecular weight excluding hydrogens is 306 g/mol. The average molecular weight is 322 g/mol. The van der Waals surface area contributed by atoms with Crippen LogP contribution in [0, 0.1) is 6.92 Å². The molecule has 0 amide bonds. The molecule has 1 aromatic heterocycles. The van der Waals surface area contributed by atoms with E-state index in [-0.39, 0.29) is 6.04 Å². The van der Waals surface area contributed by atoms with Crippen LogP contribution in [-0.2, 0) is 0 Å². The monoisotopic (exact) mass is 321 g/mol. The molecule has 0 saturated heterocycles. The van der Waals surface area contributed by atoms with Gasteiger partial charge in [-0.2, -0.15) is 0 Å². The van der Waals surface area contributed by atoms with E-state index in [1.54, 1.807) is 19.5 Å². The van der Waals surface area contributed by atoms with Crippen molar-refractivity contribution < 1.29 is 4.74 Å². The number of halogens is 1. The van der Waals surface area contributed by atoms with Crippen molar-refractivity contribution in [1.82, 2.24) is 10.4 Å². The molecule has 2 aromatic rings. The molecule has 0 spiro atoms. The van der Waals surface area contributed by atoms with E-state index in [2.05, 4.69) is 45.4 Å². The molecule has 0 aliphatic carbocycles. The Kier molecular flexibility index (Phi) is 4.52. The van der Waals surface area contributed by atoms with Crippen LogP contribution in [0.4, 0.5) is 0 Å². The molecule has 0 bridgehead atoms. The number of aryl methyl sites for hydroxylation is 1. The van der Waals surface area contributed by atoms with E-state index in [0.717, 1.165) is 21.2 Å². The van der Waals surface area contributed by atoms with E-state index in [0.29, 0.717) is 5.75 Å². The summed E-state index contributed by atoms with van der Waals surface area (Å²) in [6.07, 6.45) is 3.46. The molecule has 1 aromatic carbocycles. The minimum absolute atomic E-state index is 0.125. The Bertz CT molecular complexity index is 574. The molecule has 5 heteroatoms. The van der Waals surface area contributed by atoms with E-state index < -0.39 is 0 Å². The van der Waals surface area contributed by atoms with Crippen molar-refractivity contribution in [2.45, 2.75) is 13.0 Å². The summed E-state index contributed by atoms with van der Waals surface area (Å²) >= 11 is 3.49. The first-order chi connectivity index (χ1) is 9.15. The van der Waals surface area contributed by atoms with Crippen LogP contribution in [0.1, 0.15) is 22.7 Å². The quantitative estimate of drug-likeness (QED) is 0.671. The molecule has 100 valence electrons. The number of nitrogens with zero attached hydrogens (tertiary/aromatic N) is 1. The molecule has 19 heavy (non-hydrogen) atoms. The summed E-state index contributed by atoms with van der Waals surface area (Å²) in [6, 6.07) is 7.92. The topological polar surface area (TPSA) is 60.2 Å². The molecule has 4 nitrogen and oxygen atoms in total. The van der Waals surface area contributed by atoms with Crippen LogP contribution in [0.15, 0.2) is 41.1 Å². The van der Waals surface area contributed by atoms with Crippen molar-refractivity contribution in [3.63, 3.8) is 0 Å². The van der Waals surface area contributed by atoms with Gasteiger partial charge in [-0.05, 0) is 41.8 Å². The minimum Gasteiger partial charge on any atom is -0.495 e. The Morgan fingerprint density at radius 3 is 2.79 bits per heavy atom. The second-order valence-corrected chi connectivity index (χ2v) is 5.17. The van der Waals surface area contributed by atoms with Crippen LogP contribution in [0.3, 0.4) is 0 Å². The maximum absolute atomic E-state index is 5.71. The normalized spacial score (nSPS) is 12.2. The first-order valence-electron chi connectivity index (χ1n) is 5.87. The zero-order chi connectivity index (χ0) is 13.8. The van der Waals surface area contributed by atoms with Crippen molar-refractivity contribution in [2.75, 3.05) is 7.11 Å². The Morgan fingerprint density at radius 1 is 1.32 bits per heavy atom. The molecule has 0 radical (unpaired) electrons. The maximum Gasteiger partial charge on any atom is 0.137 e. The third-order valence-electron chi connectivity index (χ3n) is 3.02. The smallest absolute Gasteiger partial charge is 0.137 e. The zero-order valence-corrected chi connectivity index (χ0v) is 12.4. The largest absolute Gasteiger partial charge is 0.495 e. The highest BCUT2D eigenvalue weighted by Gasteiger charge is 2.16. The fraction of sp³-hybridized carbons (Fsp3) is 0.214. The summed E-state index contributed by atoms with van der Waals surface area (Å²) in [5, 5.41) is 0. The number of ether oxygens (including phenoxy) is 1. The number of rotatable bonds is 4. The van der Waals surface area contributed by atoms with E-state index >= 15 is 0 Å². The third-order valence-corrected chi connectivity index (χ3v) is 3.52. The van der Waals surface area contributed by atoms with Gasteiger partial charge in [0.05, 0.1) is 19.3 Å². The second kappa shape index (κ2) is 6.14. The van der Waals surface area contributed by atoms with Crippen LogP contribution in [0.2, 0.25) is 0 Å². The van der Waals surface area contributed by atoms with Crippen LogP contribution < -0.4 is 16.0 Å². The minimum atomic E-state index is -0.125. The predicted octanol–water partition coefficient (Wildman–Crippen LogP) is 2.71. The SMILES string of the molecule is COc1cncc(C(NN)c2cc(Br)ccc2C)c1. The van der Waals surface area contributed by atoms with E-state index in [1.807, 2.05) is 12.1 Å². The molecule has 0 aliphatic heterocycles. The number of aromatic nitrogens is 1. The average Bonchev–Trinajstić information content (AvgIpc) is 2.44. The number of pyridine rings is 1. The van der Waals surface area contributed by atoms with Crippen LogP contribution in [0.25, 0.3) is 0 Å². The number of methoxy groups -OCH3 is 1. The lowest BCUT2D eigenvalue weighted by molar-refractivity contribution is 0.411. The summed E-state index contributed by atoms with van der Waals surface area (Å²) < 4.78 is 6.22. The van der Waals surface area contributed by atoms with Crippen molar-refractivity contribution in [2.24, 2.45) is 5.84 Å². The first kappa shape index (κ1) is 14.0. The Balaban J connectivity index is 2.46. The summed E-state index contributed by atoms with van der Waals surface area (Å²) in [4.78, 5) is 4.17. The highest BCUT2D eigenvalue weighted by molar-refractivity contribution is 9.10. The first-order valence-corrected chi connectivity index (χ1v) is 6.66. The lowest BCUT2D eigenvalue weighted by Crippen LogP contribution is -2.29. The van der Waals surface area contributed by atoms with Gasteiger partial charge in [0.1, 0.15) is 5.75 Å². The molecular formula is C14H16BrN3O. The second-order valence-electron chi connectivity index (χ2n) is 4.26. The number of hydrazine groups is 1. The van der Waals surface area contributed by atoms with E-state index in [4.69, 9.17) is 10.6 Å². The van der Waals surface area contributed by atoms with Gasteiger partial charge in [-0.1, -0.05) is 22.0 Å². The number of hydrogen-bond acceptors (Lipinski definition) is 4. The number of nitrogens with two attached hydrogens (primary N) is 1. The van der Waals surface area contributed by atoms with E-state index in [9.17, 15) is 0 Å². The molecule has 2 rings (SSSR count). The number of hydrogen-bond donors (Lipinski definition) is 2. The van der Waals surface area contributed by atoms with Crippen LogP contribution in [0.5, 0.6) is 5.75 Å². The number of nitrogens with one attached hydrogen (secondary N) is 1. The molecule has 1 atom stereocenters. The lowest BCUT2D eigenvalue weighted by atomic mass is 9.96. The fourth-order valence-corrected chi connectivity index (χ4v) is 2.37. The highest BCUT2D eigenvalue weighted by Crippen LogP contribution is 2.28. The number of benzene rings is 1. The summed E-state index contributed by atoms with van der Waals surface area (Å²) in [5.74, 6) is 6.43. The standard InChI is InChI=1S/C14H16BrN3O/c1-9-3-4-11(15)6-13(9)14(18-16)10-5-12(19-2)8-17-7-10/h3-8,14,18H,16H2,1-2H3. The fourth-order valence-electron chi connectivity index (χ4n) is 1.99. The maximum atomic E-state index is 5.71. The van der Waals surface area contributed by atoms with E-state index in [1.165, 1.54) is 0 Å². The van der Waals surface area contributed by atoms with Gasteiger partial charge in [0, 0.05) is 10.7 Å². The van der Waals surface area contributed by atoms with Gasteiger partial charge in [-0.3, -0.25) is 10.8 Å². The van der Waals surface area contributed by atoms with Crippen LogP contribution in [-0.4, -0.2) is 12.1 Å². The van der Waals surface area contributed by atoms with Crippen molar-refractivity contribution >= 4 is 15.9 Å². The van der Waals surface area contributed by atoms with Gasteiger partial charge in [-0.15, -0.1) is 0 Å². The molecule has 3 N–H and O–H groups in total. The molecule has 1 unspecified atom stereocenters. The zero-order valence-electron chi connectivity index (χ0n) is 10.9. The predicted molar refractivity (Wildman–Crippen MR) is 78.8 cm³/mol. The van der Waals surface area contributed by atoms with Gasteiger partial charge in [0.25, 0.3) is 0 Å². The Hall–Kier alpha value is -1.43. The van der Waals surface area contributed by atoms with Gasteiger partial charge in [0.15, 0.2) is 0 Å². The van der Waals surface area contributed by atoms with Gasteiger partial charge < -0.3 is 4.74 Å². The van der Waals surface area contributed by atoms with Crippen molar-refractivity contribution in [3.8, 4) is 5.75 Å². The molecule has 0 fully saturated rings. The van der Waals surface area contributed by atoms with Crippen LogP contribution >= 0.6 is 15.9 Å². The summed E-state index contributed by atoms with van der Waals surface area (Å²) in [7, 11) is 1.62. The molecule has 1 heterocycles. The molecule has 0 saturated carbocycles. The van der Waals surface area contributed by atoms with Crippen molar-refractivity contribution in [3.05, 3.63) is 57.8 Å². The Labute approximate surface area is 121 Å². The Morgan fingerprint density at radius 2 is 2.11 bits per heavy atom. The van der Waals surface area contributed by atoms with Gasteiger partial charge >= 0.3 is 0 Å². The van der Waals surface area contributed by atoms with Gasteiger partial charge in [-0.25, -0.2) is 5.43 Å². The summed E-state index contributed by atoms with van der Waals surface area (Å²) in [5.41, 5.74) is 6.06. The summed E-state index contributed by atoms with van der Waals surface area (Å²) in [6.45, 7) is 2.06. The highest BCUT2D eigenvalue weighted by atomic mass is 79.9. The third kappa shape index (κ3) is 3.12.